The minimum Gasteiger partial charge on any atom is -0.480 e. The van der Waals surface area contributed by atoms with Gasteiger partial charge in [0.1, 0.15) is 28.2 Å². The van der Waals surface area contributed by atoms with Crippen LogP contribution in [-0.2, 0) is 14.3 Å². The summed E-state index contributed by atoms with van der Waals surface area (Å²) in [5, 5.41) is 10.1. The van der Waals surface area contributed by atoms with Gasteiger partial charge in [0.05, 0.1) is 12.0 Å². The van der Waals surface area contributed by atoms with Gasteiger partial charge in [0.25, 0.3) is 0 Å². The second kappa shape index (κ2) is 7.73. The number of thiophene rings is 1. The molecule has 1 saturated heterocycles. The van der Waals surface area contributed by atoms with Crippen LogP contribution in [0, 0.1) is 6.92 Å². The van der Waals surface area contributed by atoms with Crippen molar-refractivity contribution in [3.05, 3.63) is 15.7 Å². The normalized spacial score (nSPS) is 17.0. The third-order valence-corrected chi connectivity index (χ3v) is 5.59. The Hall–Kier alpha value is -1.97. The highest BCUT2D eigenvalue weighted by Crippen LogP contribution is 2.38. The van der Waals surface area contributed by atoms with E-state index < -0.39 is 18.0 Å². The molecule has 0 saturated carbocycles. The van der Waals surface area contributed by atoms with Gasteiger partial charge in [-0.3, -0.25) is 0 Å². The molecule has 0 spiro atoms. The molecule has 1 unspecified atom stereocenters. The Morgan fingerprint density at radius 2 is 2.15 bits per heavy atom. The van der Waals surface area contributed by atoms with Crippen LogP contribution in [0.1, 0.15) is 28.1 Å². The SMILES string of the molecule is COCCOC(=O)c1sc2nc(Cl)nc(N3CCCC3C(=O)O)c2c1C. The van der Waals surface area contributed by atoms with E-state index in [1.807, 2.05) is 0 Å². The van der Waals surface area contributed by atoms with E-state index in [-0.39, 0.29) is 11.9 Å². The molecule has 1 fully saturated rings. The van der Waals surface area contributed by atoms with Crippen molar-refractivity contribution in [1.29, 1.82) is 0 Å². The molecule has 0 bridgehead atoms. The Morgan fingerprint density at radius 1 is 1.38 bits per heavy atom. The number of carboxylic acids is 1. The van der Waals surface area contributed by atoms with Crippen molar-refractivity contribution < 1.29 is 24.2 Å². The van der Waals surface area contributed by atoms with Crippen molar-refractivity contribution in [3.8, 4) is 0 Å². The lowest BCUT2D eigenvalue weighted by molar-refractivity contribution is -0.138. The van der Waals surface area contributed by atoms with Gasteiger partial charge in [0.15, 0.2) is 0 Å². The van der Waals surface area contributed by atoms with Crippen molar-refractivity contribution in [3.63, 3.8) is 0 Å². The molecule has 1 N–H and O–H groups in total. The highest BCUT2D eigenvalue weighted by molar-refractivity contribution is 7.20. The van der Waals surface area contributed by atoms with Crippen LogP contribution < -0.4 is 4.90 Å². The van der Waals surface area contributed by atoms with E-state index in [2.05, 4.69) is 9.97 Å². The monoisotopic (exact) mass is 399 g/mol. The zero-order valence-corrected chi connectivity index (χ0v) is 15.9. The molecule has 10 heteroatoms. The van der Waals surface area contributed by atoms with Gasteiger partial charge in [0.2, 0.25) is 5.28 Å². The molecule has 3 rings (SSSR count). The molecule has 8 nitrogen and oxygen atoms in total. The maximum atomic E-state index is 12.3. The number of carboxylic acid groups (broad SMARTS) is 1. The molecule has 1 aliphatic heterocycles. The van der Waals surface area contributed by atoms with Gasteiger partial charge >= 0.3 is 11.9 Å². The number of rotatable bonds is 6. The van der Waals surface area contributed by atoms with Crippen LogP contribution in [0.3, 0.4) is 0 Å². The third kappa shape index (κ3) is 3.46. The summed E-state index contributed by atoms with van der Waals surface area (Å²) in [7, 11) is 1.53. The predicted molar refractivity (Wildman–Crippen MR) is 97.3 cm³/mol. The van der Waals surface area contributed by atoms with Gasteiger partial charge < -0.3 is 19.5 Å². The highest BCUT2D eigenvalue weighted by Gasteiger charge is 2.34. The highest BCUT2D eigenvalue weighted by atomic mass is 35.5. The number of aromatic nitrogens is 2. The Kier molecular flexibility index (Phi) is 5.59. The molecule has 26 heavy (non-hydrogen) atoms. The molecule has 3 heterocycles. The number of carbonyl (C=O) groups is 2. The third-order valence-electron chi connectivity index (χ3n) is 4.26. The van der Waals surface area contributed by atoms with Gasteiger partial charge in [0, 0.05) is 13.7 Å². The predicted octanol–water partition coefficient (Wildman–Crippen LogP) is 2.51. The first-order valence-corrected chi connectivity index (χ1v) is 9.25. The molecule has 0 radical (unpaired) electrons. The number of methoxy groups -OCH3 is 1. The summed E-state index contributed by atoms with van der Waals surface area (Å²) in [5.74, 6) is -0.923. The van der Waals surface area contributed by atoms with Crippen LogP contribution in [0.5, 0.6) is 0 Å². The number of anilines is 1. The fraction of sp³-hybridized carbons (Fsp3) is 0.500. The molecule has 0 aliphatic carbocycles. The molecule has 2 aromatic rings. The van der Waals surface area contributed by atoms with Gasteiger partial charge in [-0.15, -0.1) is 11.3 Å². The average Bonchev–Trinajstić information content (AvgIpc) is 3.19. The molecule has 0 aromatic carbocycles. The summed E-state index contributed by atoms with van der Waals surface area (Å²) in [5.41, 5.74) is 0.662. The second-order valence-corrected chi connectivity index (χ2v) is 7.21. The summed E-state index contributed by atoms with van der Waals surface area (Å²) in [6.45, 7) is 2.79. The summed E-state index contributed by atoms with van der Waals surface area (Å²) in [6.07, 6.45) is 1.28. The van der Waals surface area contributed by atoms with Crippen LogP contribution >= 0.6 is 22.9 Å². The first kappa shape index (κ1) is 18.8. The number of fused-ring (bicyclic) bond motifs is 1. The summed E-state index contributed by atoms with van der Waals surface area (Å²) < 4.78 is 10.1. The quantitative estimate of drug-likeness (QED) is 0.449. The Bertz CT molecular complexity index is 856. The molecule has 0 amide bonds. The Labute approximate surface area is 158 Å². The molecular weight excluding hydrogens is 382 g/mol. The van der Waals surface area contributed by atoms with Crippen LogP contribution in [0.15, 0.2) is 0 Å². The number of esters is 1. The Morgan fingerprint density at radius 3 is 2.85 bits per heavy atom. The minimum atomic E-state index is -0.905. The number of aliphatic carboxylic acids is 1. The van der Waals surface area contributed by atoms with Gasteiger partial charge in [-0.05, 0) is 36.9 Å². The maximum Gasteiger partial charge on any atom is 0.348 e. The fourth-order valence-corrected chi connectivity index (χ4v) is 4.34. The lowest BCUT2D eigenvalue weighted by atomic mass is 10.1. The van der Waals surface area contributed by atoms with Crippen molar-refractivity contribution in [2.24, 2.45) is 0 Å². The van der Waals surface area contributed by atoms with E-state index >= 15 is 0 Å². The first-order valence-electron chi connectivity index (χ1n) is 8.06. The summed E-state index contributed by atoms with van der Waals surface area (Å²) in [6, 6.07) is -0.666. The first-order chi connectivity index (χ1) is 12.4. The number of hydrogen-bond donors (Lipinski definition) is 1. The number of ether oxygens (including phenoxy) is 2. The topological polar surface area (TPSA) is 102 Å². The van der Waals surface area contributed by atoms with Gasteiger partial charge in [-0.2, -0.15) is 4.98 Å². The van der Waals surface area contributed by atoms with Crippen molar-refractivity contribution in [1.82, 2.24) is 9.97 Å². The lowest BCUT2D eigenvalue weighted by Gasteiger charge is -2.23. The molecule has 140 valence electrons. The van der Waals surface area contributed by atoms with Gasteiger partial charge in [-0.25, -0.2) is 14.6 Å². The van der Waals surface area contributed by atoms with E-state index in [4.69, 9.17) is 21.1 Å². The molecule has 1 atom stereocenters. The largest absolute Gasteiger partial charge is 0.480 e. The molecular formula is C16H18ClN3O5S. The number of carbonyl (C=O) groups excluding carboxylic acids is 1. The number of halogens is 1. The second-order valence-electron chi connectivity index (χ2n) is 5.87. The lowest BCUT2D eigenvalue weighted by Crippen LogP contribution is -2.36. The zero-order valence-electron chi connectivity index (χ0n) is 14.3. The van der Waals surface area contributed by atoms with E-state index in [1.54, 1.807) is 11.8 Å². The summed E-state index contributed by atoms with van der Waals surface area (Å²) in [4.78, 5) is 35.0. The van der Waals surface area contributed by atoms with Crippen molar-refractivity contribution in [2.45, 2.75) is 25.8 Å². The average molecular weight is 400 g/mol. The van der Waals surface area contributed by atoms with E-state index in [0.717, 1.165) is 17.8 Å². The van der Waals surface area contributed by atoms with Crippen LogP contribution in [0.4, 0.5) is 5.82 Å². The van der Waals surface area contributed by atoms with E-state index in [9.17, 15) is 14.7 Å². The van der Waals surface area contributed by atoms with E-state index in [1.165, 1.54) is 7.11 Å². The standard InChI is InChI=1S/C16H18ClN3O5S/c1-8-10-12(20-5-3-4-9(20)14(21)22)18-16(17)19-13(10)26-11(8)15(23)25-7-6-24-2/h9H,3-7H2,1-2H3,(H,21,22). The van der Waals surface area contributed by atoms with Crippen LogP contribution in [-0.4, -0.2) is 59.9 Å². The number of aryl methyl sites for hydroxylation is 1. The molecule has 2 aromatic heterocycles. The number of hydrogen-bond acceptors (Lipinski definition) is 8. The van der Waals surface area contributed by atoms with Gasteiger partial charge in [-0.1, -0.05) is 0 Å². The van der Waals surface area contributed by atoms with Crippen LogP contribution in [0.25, 0.3) is 10.2 Å². The van der Waals surface area contributed by atoms with E-state index in [0.29, 0.717) is 46.0 Å². The Balaban J connectivity index is 2.05. The van der Waals surface area contributed by atoms with Crippen molar-refractivity contribution >= 4 is 50.9 Å². The zero-order chi connectivity index (χ0) is 18.8. The van der Waals surface area contributed by atoms with Crippen LogP contribution in [0.2, 0.25) is 5.28 Å². The smallest absolute Gasteiger partial charge is 0.348 e. The fourth-order valence-electron chi connectivity index (χ4n) is 3.06. The van der Waals surface area contributed by atoms with Crippen molar-refractivity contribution in [2.75, 3.05) is 31.8 Å². The number of nitrogens with zero attached hydrogens (tertiary/aromatic N) is 3. The maximum absolute atomic E-state index is 12.3. The molecule has 1 aliphatic rings. The minimum absolute atomic E-state index is 0.0177. The summed E-state index contributed by atoms with van der Waals surface area (Å²) >= 11 is 7.21.